The summed E-state index contributed by atoms with van der Waals surface area (Å²) in [4.78, 5) is 24.2. The van der Waals surface area contributed by atoms with Crippen molar-refractivity contribution in [2.45, 2.75) is 19.9 Å². The molecular weight excluding hydrogens is 396 g/mol. The van der Waals surface area contributed by atoms with Crippen LogP contribution in [-0.4, -0.2) is 35.6 Å². The summed E-state index contributed by atoms with van der Waals surface area (Å²) in [7, 11) is 0. The largest absolute Gasteiger partial charge is 0.478 e. The number of nitrogens with two attached hydrogens (primary N) is 1. The van der Waals surface area contributed by atoms with E-state index in [-0.39, 0.29) is 22.8 Å². The number of nitrogens with zero attached hydrogens (tertiary/aromatic N) is 6. The van der Waals surface area contributed by atoms with E-state index < -0.39 is 12.0 Å². The molecule has 1 aromatic carbocycles. The Kier molecular flexibility index (Phi) is 4.92. The molecule has 10 heteroatoms. The molecule has 0 amide bonds. The Morgan fingerprint density at radius 3 is 2.87 bits per heavy atom. The number of anilines is 2. The number of nitrogen functional groups attached to an aromatic ring is 1. The minimum atomic E-state index is -1.01. The lowest BCUT2D eigenvalue weighted by Gasteiger charge is -2.16. The summed E-state index contributed by atoms with van der Waals surface area (Å²) >= 11 is 0. The van der Waals surface area contributed by atoms with Crippen molar-refractivity contribution in [2.75, 3.05) is 11.1 Å². The van der Waals surface area contributed by atoms with Crippen LogP contribution in [0.4, 0.5) is 11.6 Å². The standard InChI is InChI=1S/C21H18N8O2/c1-11-6-13(8-14(7-11)21(30)31)17-16-4-3-5-29(16)28-19(27-17)12(2)26-20-15(9-22)18(23)24-10-25-20/h3-8,10,12H,1-2H3,(H,30,31)(H3,23,24,25,26). The lowest BCUT2D eigenvalue weighted by atomic mass is 10.0. The maximum atomic E-state index is 11.5. The van der Waals surface area contributed by atoms with Gasteiger partial charge >= 0.3 is 5.97 Å². The first-order valence-electron chi connectivity index (χ1n) is 9.35. The number of benzene rings is 1. The quantitative estimate of drug-likeness (QED) is 0.447. The number of rotatable bonds is 5. The Labute approximate surface area is 177 Å². The number of nitrogens with one attached hydrogen (secondary N) is 1. The van der Waals surface area contributed by atoms with Gasteiger partial charge in [-0.25, -0.2) is 24.3 Å². The molecule has 0 spiro atoms. The van der Waals surface area contributed by atoms with Gasteiger partial charge < -0.3 is 16.2 Å². The molecule has 1 atom stereocenters. The van der Waals surface area contributed by atoms with Crippen molar-refractivity contribution in [3.63, 3.8) is 0 Å². The number of hydrogen-bond donors (Lipinski definition) is 3. The molecule has 1 unspecified atom stereocenters. The summed E-state index contributed by atoms with van der Waals surface area (Å²) in [5, 5.41) is 26.4. The van der Waals surface area contributed by atoms with Gasteiger partial charge in [0.05, 0.1) is 22.8 Å². The van der Waals surface area contributed by atoms with Gasteiger partial charge in [-0.15, -0.1) is 0 Å². The van der Waals surface area contributed by atoms with Gasteiger partial charge in [0.25, 0.3) is 0 Å². The molecule has 4 N–H and O–H groups in total. The number of carbonyl (C=O) groups is 1. The van der Waals surface area contributed by atoms with Crippen molar-refractivity contribution in [1.82, 2.24) is 24.6 Å². The third-order valence-electron chi connectivity index (χ3n) is 4.73. The summed E-state index contributed by atoms with van der Waals surface area (Å²) in [6.45, 7) is 3.66. The number of fused-ring (bicyclic) bond motifs is 1. The average molecular weight is 414 g/mol. The van der Waals surface area contributed by atoms with Crippen molar-refractivity contribution in [3.8, 4) is 17.3 Å². The monoisotopic (exact) mass is 414 g/mol. The molecule has 0 aliphatic rings. The highest BCUT2D eigenvalue weighted by molar-refractivity contribution is 5.90. The summed E-state index contributed by atoms with van der Waals surface area (Å²) in [6, 6.07) is 10.3. The van der Waals surface area contributed by atoms with E-state index in [9.17, 15) is 15.2 Å². The Morgan fingerprint density at radius 2 is 2.13 bits per heavy atom. The second-order valence-electron chi connectivity index (χ2n) is 7.01. The van der Waals surface area contributed by atoms with Crippen molar-refractivity contribution in [2.24, 2.45) is 0 Å². The van der Waals surface area contributed by atoms with Gasteiger partial charge in [-0.2, -0.15) is 10.4 Å². The highest BCUT2D eigenvalue weighted by atomic mass is 16.4. The van der Waals surface area contributed by atoms with E-state index in [4.69, 9.17) is 10.7 Å². The van der Waals surface area contributed by atoms with Crippen LogP contribution in [-0.2, 0) is 0 Å². The summed E-state index contributed by atoms with van der Waals surface area (Å²) in [5.41, 5.74) is 8.89. The minimum Gasteiger partial charge on any atom is -0.478 e. The maximum absolute atomic E-state index is 11.5. The molecule has 154 valence electrons. The molecule has 31 heavy (non-hydrogen) atoms. The van der Waals surface area contributed by atoms with E-state index in [1.165, 1.54) is 6.33 Å². The first-order valence-corrected chi connectivity index (χ1v) is 9.35. The smallest absolute Gasteiger partial charge is 0.335 e. The molecule has 10 nitrogen and oxygen atoms in total. The van der Waals surface area contributed by atoms with Crippen molar-refractivity contribution >= 4 is 23.1 Å². The average Bonchev–Trinajstić information content (AvgIpc) is 3.21. The molecule has 0 saturated heterocycles. The molecular formula is C21H18N8O2. The third kappa shape index (κ3) is 3.72. The van der Waals surface area contributed by atoms with Crippen LogP contribution in [0.3, 0.4) is 0 Å². The highest BCUT2D eigenvalue weighted by Crippen LogP contribution is 2.27. The number of aromatic nitrogens is 5. The van der Waals surface area contributed by atoms with Crippen LogP contribution in [0.5, 0.6) is 0 Å². The van der Waals surface area contributed by atoms with Crippen molar-refractivity contribution in [3.05, 3.63) is 65.4 Å². The van der Waals surface area contributed by atoms with Gasteiger partial charge in [0, 0.05) is 11.8 Å². The van der Waals surface area contributed by atoms with Crippen LogP contribution >= 0.6 is 0 Å². The molecule has 0 saturated carbocycles. The highest BCUT2D eigenvalue weighted by Gasteiger charge is 2.18. The Bertz CT molecular complexity index is 1360. The van der Waals surface area contributed by atoms with E-state index in [1.54, 1.807) is 22.8 Å². The fourth-order valence-electron chi connectivity index (χ4n) is 3.28. The lowest BCUT2D eigenvalue weighted by Crippen LogP contribution is -2.16. The molecule has 0 radical (unpaired) electrons. The van der Waals surface area contributed by atoms with Gasteiger partial charge in [-0.05, 0) is 49.7 Å². The Hall–Kier alpha value is -4.52. The van der Waals surface area contributed by atoms with Crippen LogP contribution < -0.4 is 11.1 Å². The van der Waals surface area contributed by atoms with E-state index >= 15 is 0 Å². The third-order valence-corrected chi connectivity index (χ3v) is 4.73. The fraction of sp³-hybridized carbons (Fsp3) is 0.143. The summed E-state index contributed by atoms with van der Waals surface area (Å²) < 4.78 is 1.68. The Morgan fingerprint density at radius 1 is 1.32 bits per heavy atom. The molecule has 3 heterocycles. The Balaban J connectivity index is 1.81. The fourth-order valence-corrected chi connectivity index (χ4v) is 3.28. The normalized spacial score (nSPS) is 11.8. The van der Waals surface area contributed by atoms with E-state index in [0.29, 0.717) is 17.1 Å². The summed E-state index contributed by atoms with van der Waals surface area (Å²) in [5.74, 6) is -0.219. The molecule has 0 fully saturated rings. The molecule has 4 rings (SSSR count). The molecule has 0 aliphatic heterocycles. The van der Waals surface area contributed by atoms with Crippen molar-refractivity contribution < 1.29 is 9.90 Å². The zero-order valence-corrected chi connectivity index (χ0v) is 16.7. The molecule has 0 bridgehead atoms. The van der Waals surface area contributed by atoms with Gasteiger partial charge in [0.15, 0.2) is 5.82 Å². The zero-order valence-electron chi connectivity index (χ0n) is 16.7. The van der Waals surface area contributed by atoms with Gasteiger partial charge in [0.2, 0.25) is 0 Å². The van der Waals surface area contributed by atoms with E-state index in [1.807, 2.05) is 38.1 Å². The minimum absolute atomic E-state index is 0.0793. The van der Waals surface area contributed by atoms with Crippen LogP contribution in [0, 0.1) is 18.3 Å². The van der Waals surface area contributed by atoms with Gasteiger partial charge in [0.1, 0.15) is 29.6 Å². The number of carboxylic acid groups (broad SMARTS) is 1. The number of aromatic carboxylic acids is 1. The second-order valence-corrected chi connectivity index (χ2v) is 7.01. The van der Waals surface area contributed by atoms with Crippen LogP contribution in [0.25, 0.3) is 16.8 Å². The summed E-state index contributed by atoms with van der Waals surface area (Å²) in [6.07, 6.45) is 3.06. The molecule has 3 aromatic heterocycles. The van der Waals surface area contributed by atoms with Crippen LogP contribution in [0.15, 0.2) is 42.9 Å². The van der Waals surface area contributed by atoms with Gasteiger partial charge in [-0.3, -0.25) is 0 Å². The predicted octanol–water partition coefficient (Wildman–Crippen LogP) is 2.82. The number of carboxylic acids is 1. The zero-order chi connectivity index (χ0) is 22.1. The number of aryl methyl sites for hydroxylation is 1. The first-order chi connectivity index (χ1) is 14.9. The SMILES string of the molecule is Cc1cc(C(=O)O)cc(-c2nc(C(C)Nc3ncnc(N)c3C#N)nn3cccc23)c1. The maximum Gasteiger partial charge on any atom is 0.335 e. The number of hydrogen-bond acceptors (Lipinski definition) is 8. The molecule has 4 aromatic rings. The molecule has 0 aliphatic carbocycles. The number of nitriles is 1. The van der Waals surface area contributed by atoms with Gasteiger partial charge in [-0.1, -0.05) is 0 Å². The van der Waals surface area contributed by atoms with E-state index in [0.717, 1.165) is 11.1 Å². The second kappa shape index (κ2) is 7.72. The van der Waals surface area contributed by atoms with Crippen molar-refractivity contribution in [1.29, 1.82) is 5.26 Å². The van der Waals surface area contributed by atoms with E-state index in [2.05, 4.69) is 20.4 Å². The topological polar surface area (TPSA) is 155 Å². The van der Waals surface area contributed by atoms with Crippen LogP contribution in [0.1, 0.15) is 40.3 Å². The predicted molar refractivity (Wildman–Crippen MR) is 113 cm³/mol. The lowest BCUT2D eigenvalue weighted by molar-refractivity contribution is 0.0697. The van der Waals surface area contributed by atoms with Crippen LogP contribution in [0.2, 0.25) is 0 Å². The first kappa shape index (κ1) is 19.8.